The first-order chi connectivity index (χ1) is 14.0. The lowest BCUT2D eigenvalue weighted by Gasteiger charge is -2.59. The van der Waals surface area contributed by atoms with Gasteiger partial charge in [-0.15, -0.1) is 0 Å². The number of thioether (sulfide) groups is 1. The van der Waals surface area contributed by atoms with Gasteiger partial charge in [0.2, 0.25) is 5.91 Å². The Morgan fingerprint density at radius 1 is 1.33 bits per heavy atom. The molecule has 1 saturated carbocycles. The quantitative estimate of drug-likeness (QED) is 0.621. The lowest BCUT2D eigenvalue weighted by Crippen LogP contribution is -2.66. The van der Waals surface area contributed by atoms with Gasteiger partial charge >= 0.3 is 6.18 Å². The third kappa shape index (κ3) is 3.70. The number of fused-ring (bicyclic) bond motifs is 1. The van der Waals surface area contributed by atoms with E-state index in [0.29, 0.717) is 46.5 Å². The highest BCUT2D eigenvalue weighted by atomic mass is 32.2. The molecule has 30 heavy (non-hydrogen) atoms. The monoisotopic (exact) mass is 438 g/mol. The number of alkyl halides is 3. The Morgan fingerprint density at radius 2 is 2.00 bits per heavy atom. The van der Waals surface area contributed by atoms with Crippen molar-refractivity contribution in [1.82, 2.24) is 14.9 Å². The summed E-state index contributed by atoms with van der Waals surface area (Å²) in [5.74, 6) is -0.228. The lowest BCUT2D eigenvalue weighted by molar-refractivity contribution is -0.174. The second-order valence-electron chi connectivity index (χ2n) is 8.25. The first kappa shape index (κ1) is 20.8. The Bertz CT molecular complexity index is 975. The van der Waals surface area contributed by atoms with Crippen LogP contribution in [-0.4, -0.2) is 56.8 Å². The SMILES string of the molecule is CC(=N)/C(C)=C1\C(=N)Sc2c(NC3CC4(C3)CN(C(=O)CC(F)(F)F)C4)ncnc21. The molecule has 0 unspecified atom stereocenters. The fraction of sp³-hybridized carbons (Fsp3) is 0.526. The van der Waals surface area contributed by atoms with Crippen LogP contribution in [0.4, 0.5) is 19.0 Å². The number of amides is 1. The molecule has 2 fully saturated rings. The van der Waals surface area contributed by atoms with Crippen LogP contribution in [0.15, 0.2) is 16.8 Å². The smallest absolute Gasteiger partial charge is 0.366 e. The van der Waals surface area contributed by atoms with Gasteiger partial charge in [0.15, 0.2) is 0 Å². The van der Waals surface area contributed by atoms with E-state index in [9.17, 15) is 18.0 Å². The molecular weight excluding hydrogens is 417 g/mol. The number of aromatic nitrogens is 2. The standard InChI is InChI=1S/C19H21F3N6OS/c1-9(10(2)23)13-14-15(30-16(13)24)17(26-8-25-14)27-11-3-18(4-11)6-28(7-18)12(29)5-19(20,21)22/h8,11,23-24H,3-7H2,1-2H3,(H,25,26,27)/b13-9-,23-10?,24-16?. The molecule has 11 heteroatoms. The van der Waals surface area contributed by atoms with Crippen molar-refractivity contribution in [1.29, 1.82) is 10.8 Å². The Labute approximate surface area is 175 Å². The van der Waals surface area contributed by atoms with E-state index in [1.54, 1.807) is 13.8 Å². The number of carbonyl (C=O) groups excluding carboxylic acids is 1. The maximum Gasteiger partial charge on any atom is 0.397 e. The zero-order chi connectivity index (χ0) is 21.8. The summed E-state index contributed by atoms with van der Waals surface area (Å²) in [5, 5.41) is 19.8. The lowest BCUT2D eigenvalue weighted by atomic mass is 9.60. The minimum absolute atomic E-state index is 0.103. The Balaban J connectivity index is 1.39. The Hall–Kier alpha value is -2.43. The fourth-order valence-electron chi connectivity index (χ4n) is 4.31. The molecule has 2 aliphatic heterocycles. The molecule has 7 nitrogen and oxygen atoms in total. The van der Waals surface area contributed by atoms with Crippen molar-refractivity contribution in [3.8, 4) is 0 Å². The van der Waals surface area contributed by atoms with Crippen molar-refractivity contribution in [2.45, 2.75) is 50.2 Å². The van der Waals surface area contributed by atoms with Crippen LogP contribution in [0.2, 0.25) is 0 Å². The van der Waals surface area contributed by atoms with E-state index in [1.165, 1.54) is 23.0 Å². The van der Waals surface area contributed by atoms with Gasteiger partial charge in [-0.2, -0.15) is 13.2 Å². The Kier molecular flexibility index (Phi) is 4.91. The molecule has 1 saturated heterocycles. The van der Waals surface area contributed by atoms with Crippen molar-refractivity contribution in [2.75, 3.05) is 18.4 Å². The topological polar surface area (TPSA) is 106 Å². The van der Waals surface area contributed by atoms with Crippen molar-refractivity contribution >= 4 is 39.8 Å². The van der Waals surface area contributed by atoms with E-state index in [4.69, 9.17) is 10.8 Å². The van der Waals surface area contributed by atoms with Gasteiger partial charge in [0, 0.05) is 35.8 Å². The van der Waals surface area contributed by atoms with Crippen LogP contribution < -0.4 is 5.32 Å². The van der Waals surface area contributed by atoms with Crippen LogP contribution in [0.5, 0.6) is 0 Å². The number of halogens is 3. The highest BCUT2D eigenvalue weighted by Crippen LogP contribution is 2.51. The number of rotatable bonds is 4. The predicted octanol–water partition coefficient (Wildman–Crippen LogP) is 3.73. The maximum absolute atomic E-state index is 12.4. The van der Waals surface area contributed by atoms with Crippen LogP contribution in [0.1, 0.15) is 38.8 Å². The second-order valence-corrected chi connectivity index (χ2v) is 9.27. The highest BCUT2D eigenvalue weighted by molar-refractivity contribution is 8.15. The minimum atomic E-state index is -4.47. The van der Waals surface area contributed by atoms with Gasteiger partial charge in [0.25, 0.3) is 0 Å². The fourth-order valence-corrected chi connectivity index (χ4v) is 5.33. The number of allylic oxidation sites excluding steroid dienone is 1. The molecule has 3 aliphatic rings. The van der Waals surface area contributed by atoms with Crippen LogP contribution in [0.3, 0.4) is 0 Å². The zero-order valence-corrected chi connectivity index (χ0v) is 17.3. The summed E-state index contributed by atoms with van der Waals surface area (Å²) in [6, 6.07) is 0.109. The van der Waals surface area contributed by atoms with E-state index in [1.807, 2.05) is 0 Å². The molecule has 3 heterocycles. The largest absolute Gasteiger partial charge is 0.397 e. The molecule has 1 aliphatic carbocycles. The maximum atomic E-state index is 12.4. The van der Waals surface area contributed by atoms with Crippen molar-refractivity contribution in [3.05, 3.63) is 17.6 Å². The highest BCUT2D eigenvalue weighted by Gasteiger charge is 2.54. The number of nitrogens with zero attached hydrogens (tertiary/aromatic N) is 3. The number of hydrogen-bond donors (Lipinski definition) is 3. The van der Waals surface area contributed by atoms with Crippen LogP contribution in [-0.2, 0) is 4.79 Å². The van der Waals surface area contributed by atoms with Crippen molar-refractivity contribution in [3.63, 3.8) is 0 Å². The summed E-state index contributed by atoms with van der Waals surface area (Å²) in [7, 11) is 0. The zero-order valence-electron chi connectivity index (χ0n) is 16.5. The average Bonchev–Trinajstić information content (AvgIpc) is 2.89. The molecule has 1 aromatic heterocycles. The molecule has 1 amide bonds. The predicted molar refractivity (Wildman–Crippen MR) is 108 cm³/mol. The number of carbonyl (C=O) groups is 1. The number of hydrogen-bond acceptors (Lipinski definition) is 7. The van der Waals surface area contributed by atoms with E-state index >= 15 is 0 Å². The summed E-state index contributed by atoms with van der Waals surface area (Å²) in [6.07, 6.45) is -2.92. The summed E-state index contributed by atoms with van der Waals surface area (Å²) < 4.78 is 37.1. The van der Waals surface area contributed by atoms with Gasteiger partial charge in [0.05, 0.1) is 10.6 Å². The minimum Gasteiger partial charge on any atom is -0.366 e. The summed E-state index contributed by atoms with van der Waals surface area (Å²) in [5.41, 5.74) is 2.28. The van der Waals surface area contributed by atoms with Gasteiger partial charge in [0.1, 0.15) is 23.6 Å². The third-order valence-corrected chi connectivity index (χ3v) is 6.86. The van der Waals surface area contributed by atoms with Crippen LogP contribution in [0.25, 0.3) is 5.57 Å². The summed E-state index contributed by atoms with van der Waals surface area (Å²) in [6.45, 7) is 4.21. The number of nitrogens with one attached hydrogen (secondary N) is 3. The molecular formula is C19H21F3N6OS. The molecule has 0 atom stereocenters. The summed E-state index contributed by atoms with van der Waals surface area (Å²) in [4.78, 5) is 22.3. The van der Waals surface area contributed by atoms with E-state index < -0.39 is 18.5 Å². The number of anilines is 1. The van der Waals surface area contributed by atoms with Crippen molar-refractivity contribution < 1.29 is 18.0 Å². The molecule has 1 spiro atoms. The van der Waals surface area contributed by atoms with Gasteiger partial charge < -0.3 is 15.6 Å². The van der Waals surface area contributed by atoms with E-state index in [0.717, 1.165) is 17.7 Å². The summed E-state index contributed by atoms with van der Waals surface area (Å²) >= 11 is 1.26. The molecule has 0 bridgehead atoms. The van der Waals surface area contributed by atoms with Gasteiger partial charge in [-0.1, -0.05) is 11.8 Å². The molecule has 160 valence electrons. The molecule has 0 radical (unpaired) electrons. The first-order valence-electron chi connectivity index (χ1n) is 9.48. The van der Waals surface area contributed by atoms with Gasteiger partial charge in [-0.05, 0) is 32.3 Å². The molecule has 3 N–H and O–H groups in total. The van der Waals surface area contributed by atoms with Crippen molar-refractivity contribution in [2.24, 2.45) is 5.41 Å². The van der Waals surface area contributed by atoms with Crippen LogP contribution in [0, 0.1) is 16.2 Å². The van der Waals surface area contributed by atoms with E-state index in [2.05, 4.69) is 15.3 Å². The van der Waals surface area contributed by atoms with Gasteiger partial charge in [-0.25, -0.2) is 9.97 Å². The Morgan fingerprint density at radius 3 is 2.60 bits per heavy atom. The molecule has 4 rings (SSSR count). The third-order valence-electron chi connectivity index (χ3n) is 5.87. The first-order valence-corrected chi connectivity index (χ1v) is 10.3. The molecule has 1 aromatic rings. The van der Waals surface area contributed by atoms with Crippen LogP contribution >= 0.6 is 11.8 Å². The van der Waals surface area contributed by atoms with Gasteiger partial charge in [-0.3, -0.25) is 10.2 Å². The number of likely N-dealkylation sites (tertiary alicyclic amines) is 1. The normalized spacial score (nSPS) is 21.8. The average molecular weight is 438 g/mol. The van der Waals surface area contributed by atoms with E-state index in [-0.39, 0.29) is 11.5 Å². The second kappa shape index (κ2) is 7.07. The molecule has 0 aromatic carbocycles.